The van der Waals surface area contributed by atoms with Gasteiger partial charge in [-0.2, -0.15) is 0 Å². The smallest absolute Gasteiger partial charge is 0.326 e. The number of hydrogen-bond acceptors (Lipinski definition) is 4. The average molecular weight is 425 g/mol. The van der Waals surface area contributed by atoms with Gasteiger partial charge in [0, 0.05) is 39.0 Å². The van der Waals surface area contributed by atoms with E-state index in [2.05, 4.69) is 22.3 Å². The van der Waals surface area contributed by atoms with Gasteiger partial charge in [-0.05, 0) is 55.6 Å². The summed E-state index contributed by atoms with van der Waals surface area (Å²) in [5, 5.41) is 3.03. The molecule has 1 aromatic carbocycles. The van der Waals surface area contributed by atoms with Gasteiger partial charge in [0.05, 0.1) is 6.67 Å². The van der Waals surface area contributed by atoms with Crippen molar-refractivity contribution in [3.63, 3.8) is 0 Å². The highest BCUT2D eigenvalue weighted by Crippen LogP contribution is 2.34. The minimum atomic E-state index is -0.786. The Bertz CT molecular complexity index is 873. The van der Waals surface area contributed by atoms with E-state index in [4.69, 9.17) is 0 Å². The van der Waals surface area contributed by atoms with E-state index in [0.29, 0.717) is 37.8 Å². The van der Waals surface area contributed by atoms with Gasteiger partial charge < -0.3 is 10.2 Å². The second-order valence-corrected chi connectivity index (χ2v) is 9.69. The van der Waals surface area contributed by atoms with Crippen LogP contribution in [0, 0.1) is 5.92 Å². The van der Waals surface area contributed by atoms with Crippen LogP contribution in [0.5, 0.6) is 0 Å². The molecule has 1 N–H and O–H groups in total. The quantitative estimate of drug-likeness (QED) is 0.752. The molecule has 0 aromatic heterocycles. The number of imide groups is 1. The zero-order chi connectivity index (χ0) is 21.4. The molecule has 3 saturated heterocycles. The molecule has 3 aliphatic heterocycles. The molecule has 3 fully saturated rings. The largest absolute Gasteiger partial charge is 0.343 e. The molecule has 5 rings (SSSR count). The average Bonchev–Trinajstić information content (AvgIpc) is 3.39. The Hall–Kier alpha value is -2.41. The molecule has 31 heavy (non-hydrogen) atoms. The van der Waals surface area contributed by atoms with Crippen molar-refractivity contribution in [2.45, 2.75) is 56.9 Å². The number of piperidine rings is 1. The Morgan fingerprint density at radius 3 is 2.48 bits per heavy atom. The third kappa shape index (κ3) is 3.95. The molecule has 4 amide bonds. The maximum Gasteiger partial charge on any atom is 0.326 e. The minimum absolute atomic E-state index is 0.0849. The van der Waals surface area contributed by atoms with Crippen LogP contribution in [0.15, 0.2) is 24.3 Å². The number of carbonyl (C=O) groups is 3. The fourth-order valence-electron chi connectivity index (χ4n) is 5.70. The first-order valence-electron chi connectivity index (χ1n) is 11.8. The van der Waals surface area contributed by atoms with E-state index in [1.807, 2.05) is 17.0 Å². The van der Waals surface area contributed by atoms with E-state index in [1.54, 1.807) is 0 Å². The number of likely N-dealkylation sites (tertiary alicyclic amines) is 2. The topological polar surface area (TPSA) is 73.0 Å². The number of nitrogens with zero attached hydrogens (tertiary/aromatic N) is 3. The summed E-state index contributed by atoms with van der Waals surface area (Å²) in [6, 6.07) is 7.93. The van der Waals surface area contributed by atoms with E-state index < -0.39 is 5.54 Å². The summed E-state index contributed by atoms with van der Waals surface area (Å²) < 4.78 is 0. The summed E-state index contributed by atoms with van der Waals surface area (Å²) in [5.41, 5.74) is 1.65. The molecule has 0 radical (unpaired) electrons. The maximum absolute atomic E-state index is 13.3. The molecule has 3 heterocycles. The van der Waals surface area contributed by atoms with Gasteiger partial charge in [-0.25, -0.2) is 9.69 Å². The maximum atomic E-state index is 13.3. The van der Waals surface area contributed by atoms with Crippen LogP contribution in [-0.2, 0) is 22.4 Å². The number of carbonyl (C=O) groups excluding carboxylic acids is 3. The summed E-state index contributed by atoms with van der Waals surface area (Å²) in [4.78, 5) is 44.0. The van der Waals surface area contributed by atoms with Gasteiger partial charge in [-0.15, -0.1) is 0 Å². The Balaban J connectivity index is 1.16. The molecule has 166 valence electrons. The third-order valence-electron chi connectivity index (χ3n) is 7.65. The zero-order valence-electron chi connectivity index (χ0n) is 18.1. The van der Waals surface area contributed by atoms with Crippen LogP contribution in [-0.4, -0.2) is 70.9 Å². The summed E-state index contributed by atoms with van der Waals surface area (Å²) in [6.07, 6.45) is 6.83. The van der Waals surface area contributed by atoms with Crippen LogP contribution in [0.1, 0.15) is 49.7 Å². The number of benzene rings is 1. The molecule has 1 atom stereocenters. The van der Waals surface area contributed by atoms with E-state index in [1.165, 1.54) is 10.5 Å². The van der Waals surface area contributed by atoms with Crippen molar-refractivity contribution in [2.75, 3.05) is 32.8 Å². The van der Waals surface area contributed by atoms with Crippen LogP contribution < -0.4 is 5.32 Å². The van der Waals surface area contributed by atoms with Gasteiger partial charge in [0.25, 0.3) is 5.91 Å². The first-order valence-corrected chi connectivity index (χ1v) is 11.8. The fourth-order valence-corrected chi connectivity index (χ4v) is 5.70. The highest BCUT2D eigenvalue weighted by Gasteiger charge is 2.52. The van der Waals surface area contributed by atoms with Crippen LogP contribution in [0.4, 0.5) is 4.79 Å². The standard InChI is InChI=1S/C24H32N4O3/c29-21(27-11-3-4-12-27)15-18-8-13-26(14-9-18)17-28-22(30)24(25-23(28)31)10-7-19-5-1-2-6-20(19)16-24/h1-2,5-6,18H,3-4,7-17H2,(H,25,31). The van der Waals surface area contributed by atoms with Crippen molar-refractivity contribution in [3.8, 4) is 0 Å². The molecular weight excluding hydrogens is 392 g/mol. The minimum Gasteiger partial charge on any atom is -0.343 e. The van der Waals surface area contributed by atoms with Crippen molar-refractivity contribution >= 4 is 17.8 Å². The molecular formula is C24H32N4O3. The van der Waals surface area contributed by atoms with E-state index in [-0.39, 0.29) is 11.9 Å². The van der Waals surface area contributed by atoms with Gasteiger partial charge in [0.15, 0.2) is 0 Å². The lowest BCUT2D eigenvalue weighted by atomic mass is 9.78. The van der Waals surface area contributed by atoms with E-state index >= 15 is 0 Å². The van der Waals surface area contributed by atoms with Crippen molar-refractivity contribution in [3.05, 3.63) is 35.4 Å². The highest BCUT2D eigenvalue weighted by atomic mass is 16.2. The molecule has 4 aliphatic rings. The lowest BCUT2D eigenvalue weighted by Crippen LogP contribution is -2.52. The molecule has 7 nitrogen and oxygen atoms in total. The van der Waals surface area contributed by atoms with Crippen molar-refractivity contribution in [1.29, 1.82) is 0 Å². The first kappa shape index (κ1) is 20.5. The van der Waals surface area contributed by atoms with Crippen molar-refractivity contribution in [2.24, 2.45) is 5.92 Å². The Kier molecular flexibility index (Phi) is 5.46. The van der Waals surface area contributed by atoms with Crippen LogP contribution in [0.3, 0.4) is 0 Å². The van der Waals surface area contributed by atoms with Gasteiger partial charge in [0.1, 0.15) is 5.54 Å². The highest BCUT2D eigenvalue weighted by molar-refractivity contribution is 6.07. The monoisotopic (exact) mass is 424 g/mol. The Labute approximate surface area is 183 Å². The number of nitrogens with one attached hydrogen (secondary N) is 1. The zero-order valence-corrected chi connectivity index (χ0v) is 18.1. The molecule has 1 spiro atoms. The molecule has 1 aromatic rings. The Morgan fingerprint density at radius 2 is 1.74 bits per heavy atom. The Morgan fingerprint density at radius 1 is 1.03 bits per heavy atom. The van der Waals surface area contributed by atoms with Crippen LogP contribution >= 0.6 is 0 Å². The van der Waals surface area contributed by atoms with Crippen LogP contribution in [0.25, 0.3) is 0 Å². The van der Waals surface area contributed by atoms with E-state index in [0.717, 1.165) is 63.8 Å². The molecule has 0 saturated carbocycles. The van der Waals surface area contributed by atoms with Gasteiger partial charge >= 0.3 is 6.03 Å². The molecule has 7 heteroatoms. The van der Waals surface area contributed by atoms with Crippen molar-refractivity contribution in [1.82, 2.24) is 20.0 Å². The third-order valence-corrected chi connectivity index (χ3v) is 7.65. The number of urea groups is 1. The van der Waals surface area contributed by atoms with Crippen molar-refractivity contribution < 1.29 is 14.4 Å². The normalized spacial score (nSPS) is 27.1. The summed E-state index contributed by atoms with van der Waals surface area (Å²) in [5.74, 6) is 0.622. The molecule has 1 aliphatic carbocycles. The first-order chi connectivity index (χ1) is 15.0. The number of aryl methyl sites for hydroxylation is 1. The lowest BCUT2D eigenvalue weighted by Gasteiger charge is -2.35. The second kappa shape index (κ2) is 8.26. The predicted molar refractivity (Wildman–Crippen MR) is 116 cm³/mol. The summed E-state index contributed by atoms with van der Waals surface area (Å²) in [7, 11) is 0. The number of fused-ring (bicyclic) bond motifs is 1. The number of amides is 4. The predicted octanol–water partition coefficient (Wildman–Crippen LogP) is 2.15. The van der Waals surface area contributed by atoms with Gasteiger partial charge in [-0.1, -0.05) is 24.3 Å². The number of hydrogen-bond donors (Lipinski definition) is 1. The molecule has 1 unspecified atom stereocenters. The van der Waals surface area contributed by atoms with E-state index in [9.17, 15) is 14.4 Å². The summed E-state index contributed by atoms with van der Waals surface area (Å²) >= 11 is 0. The SMILES string of the molecule is O=C(CC1CCN(CN2C(=O)NC3(CCc4ccccc4C3)C2=O)CC1)N1CCCC1. The molecule has 0 bridgehead atoms. The van der Waals surface area contributed by atoms with Gasteiger partial charge in [0.2, 0.25) is 5.91 Å². The van der Waals surface area contributed by atoms with Gasteiger partial charge in [-0.3, -0.25) is 14.5 Å². The summed E-state index contributed by atoms with van der Waals surface area (Å²) in [6.45, 7) is 3.82. The second-order valence-electron chi connectivity index (χ2n) is 9.69. The number of rotatable bonds is 4. The van der Waals surface area contributed by atoms with Crippen LogP contribution in [0.2, 0.25) is 0 Å². The fraction of sp³-hybridized carbons (Fsp3) is 0.625. The lowest BCUT2D eigenvalue weighted by molar-refractivity contribution is -0.133.